The maximum Gasteiger partial charge on any atom is 0.408 e. The summed E-state index contributed by atoms with van der Waals surface area (Å²) in [6.45, 7) is 17.3. The smallest absolute Gasteiger partial charge is 0.408 e. The number of hydrogen-bond acceptors (Lipinski definition) is 12. The van der Waals surface area contributed by atoms with Crippen molar-refractivity contribution >= 4 is 42.1 Å². The van der Waals surface area contributed by atoms with E-state index in [-0.39, 0.29) is 40.6 Å². The molecule has 0 saturated heterocycles. The Labute approximate surface area is 322 Å². The van der Waals surface area contributed by atoms with Gasteiger partial charge in [-0.05, 0) is 101 Å². The number of benzene rings is 2. The average Bonchev–Trinajstić information content (AvgIpc) is 3.06. The average molecular weight is 767 g/mol. The highest BCUT2D eigenvalue weighted by Gasteiger charge is 2.30. The van der Waals surface area contributed by atoms with E-state index < -0.39 is 53.2 Å². The first-order valence-corrected chi connectivity index (χ1v) is 17.6. The molecule has 0 aliphatic rings. The number of carbonyl (C=O) groups excluding carboxylic acids is 5. The zero-order chi connectivity index (χ0) is 41.7. The molecule has 300 valence electrons. The van der Waals surface area contributed by atoms with Crippen LogP contribution < -0.4 is 29.6 Å². The first-order valence-electron chi connectivity index (χ1n) is 17.6. The summed E-state index contributed by atoms with van der Waals surface area (Å²) in [6, 6.07) is 7.33. The van der Waals surface area contributed by atoms with E-state index in [1.807, 2.05) is 0 Å². The summed E-state index contributed by atoms with van der Waals surface area (Å²) in [5.74, 6) is -2.26. The number of nitrogens with one attached hydrogen (secondary N) is 2. The summed E-state index contributed by atoms with van der Waals surface area (Å²) in [4.78, 5) is 63.1. The van der Waals surface area contributed by atoms with E-state index in [0.717, 1.165) is 6.08 Å². The molecule has 14 heteroatoms. The molecule has 2 atom stereocenters. The molecule has 2 amide bonds. The number of methoxy groups -OCH3 is 2. The van der Waals surface area contributed by atoms with Crippen LogP contribution in [0.25, 0.3) is 12.2 Å². The SMILES string of the molecule is COc1cc(/C=C/C(=O)/C=C(O)/C=C/c2ccc(OC(=O)[C@@H](NC(=O)OC(C)(C)C)C(C)C)c(OC)c2)ccc1OC(=O)[C@@H](NC(=O)OC(C)(C)C)C(C)C. The van der Waals surface area contributed by atoms with Gasteiger partial charge < -0.3 is 44.2 Å². The number of alkyl carbamates (subject to hydrolysis) is 2. The molecule has 0 spiro atoms. The standard InChI is InChI=1S/C41H54N2O12/c1-24(2)34(42-38(48)54-40(5,6)7)36(46)52-30-19-15-26(21-32(30)50-11)13-17-28(44)23-29(45)18-14-27-16-20-31(33(22-27)51-12)53-37(47)35(25(3)4)43-39(49)55-41(8,9)10/h13-25,34-35,44H,1-12H3,(H,42,48)(H,43,49)/b17-13+,18-14+,28-23-/t34-,35-/m0/s1. The Balaban J connectivity index is 2.10. The fraction of sp³-hybridized carbons (Fsp3) is 0.439. The maximum absolute atomic E-state index is 13.0. The zero-order valence-electron chi connectivity index (χ0n) is 33.6. The van der Waals surface area contributed by atoms with E-state index >= 15 is 0 Å². The van der Waals surface area contributed by atoms with Crippen LogP contribution in [-0.2, 0) is 23.9 Å². The highest BCUT2D eigenvalue weighted by Crippen LogP contribution is 2.31. The number of ether oxygens (including phenoxy) is 6. The van der Waals surface area contributed by atoms with Crippen molar-refractivity contribution in [2.45, 2.75) is 92.5 Å². The van der Waals surface area contributed by atoms with Gasteiger partial charge in [0.2, 0.25) is 0 Å². The van der Waals surface area contributed by atoms with E-state index in [9.17, 15) is 29.1 Å². The summed E-state index contributed by atoms with van der Waals surface area (Å²) in [5.41, 5.74) is -0.403. The van der Waals surface area contributed by atoms with Crippen molar-refractivity contribution in [2.24, 2.45) is 11.8 Å². The minimum atomic E-state index is -0.990. The van der Waals surface area contributed by atoms with Gasteiger partial charge in [-0.25, -0.2) is 19.2 Å². The van der Waals surface area contributed by atoms with Crippen LogP contribution >= 0.6 is 0 Å². The van der Waals surface area contributed by atoms with Gasteiger partial charge in [0.25, 0.3) is 0 Å². The number of aliphatic hydroxyl groups excluding tert-OH is 1. The van der Waals surface area contributed by atoms with Crippen LogP contribution in [0.2, 0.25) is 0 Å². The fourth-order valence-electron chi connectivity index (χ4n) is 4.55. The van der Waals surface area contributed by atoms with Gasteiger partial charge in [0.1, 0.15) is 29.0 Å². The molecular formula is C41H54N2O12. The second-order valence-corrected chi connectivity index (χ2v) is 15.0. The second-order valence-electron chi connectivity index (χ2n) is 15.0. The number of ketones is 1. The van der Waals surface area contributed by atoms with Crippen LogP contribution in [0.1, 0.15) is 80.4 Å². The van der Waals surface area contributed by atoms with Gasteiger partial charge in [0.15, 0.2) is 28.8 Å². The molecule has 14 nitrogen and oxygen atoms in total. The van der Waals surface area contributed by atoms with Crippen LogP contribution in [0.15, 0.2) is 60.4 Å². The number of carbonyl (C=O) groups is 5. The van der Waals surface area contributed by atoms with Gasteiger partial charge in [0, 0.05) is 6.08 Å². The lowest BCUT2D eigenvalue weighted by molar-refractivity contribution is -0.138. The Morgan fingerprint density at radius 1 is 0.618 bits per heavy atom. The lowest BCUT2D eigenvalue weighted by atomic mass is 10.1. The van der Waals surface area contributed by atoms with E-state index in [2.05, 4.69) is 10.6 Å². The molecule has 0 aliphatic carbocycles. The highest BCUT2D eigenvalue weighted by molar-refractivity contribution is 6.02. The van der Waals surface area contributed by atoms with Crippen molar-refractivity contribution in [1.29, 1.82) is 0 Å². The molecule has 0 bridgehead atoms. The largest absolute Gasteiger partial charge is 0.508 e. The number of esters is 2. The molecule has 0 unspecified atom stereocenters. The monoisotopic (exact) mass is 766 g/mol. The van der Waals surface area contributed by atoms with E-state index in [4.69, 9.17) is 28.4 Å². The van der Waals surface area contributed by atoms with Crippen molar-refractivity contribution in [1.82, 2.24) is 10.6 Å². The van der Waals surface area contributed by atoms with Crippen molar-refractivity contribution in [2.75, 3.05) is 14.2 Å². The number of aliphatic hydroxyl groups is 1. The number of amides is 2. The predicted molar refractivity (Wildman–Crippen MR) is 207 cm³/mol. The topological polar surface area (TPSA) is 185 Å². The van der Waals surface area contributed by atoms with Crippen LogP contribution in [0.4, 0.5) is 9.59 Å². The minimum absolute atomic E-state index is 0.105. The van der Waals surface area contributed by atoms with E-state index in [0.29, 0.717) is 11.1 Å². The number of hydrogen-bond donors (Lipinski definition) is 3. The third kappa shape index (κ3) is 16.0. The quantitative estimate of drug-likeness (QED) is 0.0539. The van der Waals surface area contributed by atoms with Crippen LogP contribution in [0, 0.1) is 11.8 Å². The van der Waals surface area contributed by atoms with Crippen molar-refractivity contribution < 1.29 is 57.5 Å². The molecule has 0 fully saturated rings. The van der Waals surface area contributed by atoms with Crippen molar-refractivity contribution in [3.8, 4) is 23.0 Å². The Kier molecular flexibility index (Phi) is 16.5. The highest BCUT2D eigenvalue weighted by atomic mass is 16.6. The van der Waals surface area contributed by atoms with Gasteiger partial charge in [0.05, 0.1) is 14.2 Å². The third-order valence-corrected chi connectivity index (χ3v) is 7.16. The molecule has 55 heavy (non-hydrogen) atoms. The summed E-state index contributed by atoms with van der Waals surface area (Å²) >= 11 is 0. The van der Waals surface area contributed by atoms with E-state index in [1.165, 1.54) is 50.7 Å². The molecule has 0 heterocycles. The first-order chi connectivity index (χ1) is 25.5. The second kappa shape index (κ2) is 20.0. The van der Waals surface area contributed by atoms with Crippen molar-refractivity contribution in [3.63, 3.8) is 0 Å². The van der Waals surface area contributed by atoms with Gasteiger partial charge in [-0.1, -0.05) is 52.0 Å². The van der Waals surface area contributed by atoms with Crippen LogP contribution in [0.5, 0.6) is 23.0 Å². The van der Waals surface area contributed by atoms with Crippen LogP contribution in [0.3, 0.4) is 0 Å². The lowest BCUT2D eigenvalue weighted by Crippen LogP contribution is -2.48. The Morgan fingerprint density at radius 3 is 1.35 bits per heavy atom. The molecule has 3 N–H and O–H groups in total. The summed E-state index contributed by atoms with van der Waals surface area (Å²) in [7, 11) is 2.79. The molecule has 2 rings (SSSR count). The van der Waals surface area contributed by atoms with Crippen LogP contribution in [-0.4, -0.2) is 72.5 Å². The summed E-state index contributed by atoms with van der Waals surface area (Å²) in [5, 5.41) is 15.5. The molecule has 0 radical (unpaired) electrons. The van der Waals surface area contributed by atoms with Gasteiger partial charge in [-0.3, -0.25) is 4.79 Å². The number of allylic oxidation sites excluding steroid dienone is 3. The summed E-state index contributed by atoms with van der Waals surface area (Å²) in [6.07, 6.45) is 5.07. The van der Waals surface area contributed by atoms with Gasteiger partial charge >= 0.3 is 24.1 Å². The zero-order valence-corrected chi connectivity index (χ0v) is 33.6. The van der Waals surface area contributed by atoms with Gasteiger partial charge in [-0.2, -0.15) is 0 Å². The van der Waals surface area contributed by atoms with Gasteiger partial charge in [-0.15, -0.1) is 0 Å². The first kappa shape index (κ1) is 45.4. The Morgan fingerprint density at radius 2 is 1.00 bits per heavy atom. The molecule has 2 aromatic rings. The van der Waals surface area contributed by atoms with Crippen molar-refractivity contribution in [3.05, 3.63) is 71.5 Å². The fourth-order valence-corrected chi connectivity index (χ4v) is 4.55. The summed E-state index contributed by atoms with van der Waals surface area (Å²) < 4.78 is 32.4. The minimum Gasteiger partial charge on any atom is -0.508 e. The molecule has 0 aliphatic heterocycles. The maximum atomic E-state index is 13.0. The normalized spacial score (nSPS) is 13.3. The molecule has 0 aromatic heterocycles. The molecular weight excluding hydrogens is 712 g/mol. The predicted octanol–water partition coefficient (Wildman–Crippen LogP) is 7.35. The number of rotatable bonds is 15. The lowest BCUT2D eigenvalue weighted by Gasteiger charge is -2.24. The third-order valence-electron chi connectivity index (χ3n) is 7.16. The Bertz CT molecular complexity index is 1780. The molecule has 0 saturated carbocycles. The molecule has 2 aromatic carbocycles. The Hall–Kier alpha value is -5.79. The van der Waals surface area contributed by atoms with E-state index in [1.54, 1.807) is 93.5 Å².